The lowest BCUT2D eigenvalue weighted by Crippen LogP contribution is -2.52. The van der Waals surface area contributed by atoms with Crippen LogP contribution in [0.5, 0.6) is 0 Å². The van der Waals surface area contributed by atoms with Crippen LogP contribution < -0.4 is 0 Å². The molecule has 1 saturated heterocycles. The summed E-state index contributed by atoms with van der Waals surface area (Å²) in [7, 11) is 0. The molecule has 0 spiro atoms. The number of aliphatic hydroxyl groups is 1. The maximum absolute atomic E-state index is 12.5. The van der Waals surface area contributed by atoms with E-state index in [1.807, 2.05) is 30.0 Å². The van der Waals surface area contributed by atoms with Crippen LogP contribution in [0.4, 0.5) is 0 Å². The summed E-state index contributed by atoms with van der Waals surface area (Å²) >= 11 is 0. The van der Waals surface area contributed by atoms with Crippen LogP contribution in [0.15, 0.2) is 30.3 Å². The Kier molecular flexibility index (Phi) is 6.59. The average molecular weight is 318 g/mol. The molecule has 0 saturated carbocycles. The molecule has 1 aliphatic heterocycles. The first kappa shape index (κ1) is 17.5. The number of nitrogens with zero attached hydrogens (tertiary/aromatic N) is 2. The highest BCUT2D eigenvalue weighted by atomic mass is 16.3. The minimum Gasteiger partial charge on any atom is -0.387 e. The number of carbonyl (C=O) groups is 2. The van der Waals surface area contributed by atoms with E-state index in [0.29, 0.717) is 26.2 Å². The summed E-state index contributed by atoms with van der Waals surface area (Å²) < 4.78 is 0. The van der Waals surface area contributed by atoms with Gasteiger partial charge in [-0.15, -0.1) is 0 Å². The van der Waals surface area contributed by atoms with Crippen molar-refractivity contribution in [3.8, 4) is 0 Å². The van der Waals surface area contributed by atoms with Gasteiger partial charge in [0.15, 0.2) is 0 Å². The molecule has 1 aromatic carbocycles. The summed E-state index contributed by atoms with van der Waals surface area (Å²) in [5.74, 6) is -0.0685. The monoisotopic (exact) mass is 318 g/mol. The van der Waals surface area contributed by atoms with Crippen LogP contribution in [-0.2, 0) is 16.0 Å². The van der Waals surface area contributed by atoms with Gasteiger partial charge in [-0.25, -0.2) is 0 Å². The number of carbonyl (C=O) groups excluding carboxylic acids is 2. The average Bonchev–Trinajstić information content (AvgIpc) is 2.61. The molecule has 1 heterocycles. The van der Waals surface area contributed by atoms with Crippen LogP contribution in [0, 0.1) is 5.92 Å². The van der Waals surface area contributed by atoms with E-state index in [4.69, 9.17) is 5.11 Å². The molecule has 5 heteroatoms. The first-order valence-corrected chi connectivity index (χ1v) is 8.33. The lowest BCUT2D eigenvalue weighted by molar-refractivity contribution is -0.143. The number of hydrogen-bond donors (Lipinski definition) is 1. The first-order chi connectivity index (χ1) is 11.1. The molecule has 1 N–H and O–H groups in total. The van der Waals surface area contributed by atoms with Gasteiger partial charge in [-0.3, -0.25) is 9.59 Å². The van der Waals surface area contributed by atoms with Crippen molar-refractivity contribution in [2.24, 2.45) is 5.92 Å². The predicted octanol–water partition coefficient (Wildman–Crippen LogP) is 1.31. The van der Waals surface area contributed by atoms with E-state index < -0.39 is 6.61 Å². The zero-order chi connectivity index (χ0) is 16.7. The highest BCUT2D eigenvalue weighted by Crippen LogP contribution is 2.14. The Labute approximate surface area is 137 Å². The number of rotatable bonds is 6. The Bertz CT molecular complexity index is 510. The Morgan fingerprint density at radius 3 is 2.30 bits per heavy atom. The highest BCUT2D eigenvalue weighted by molar-refractivity contribution is 5.80. The molecule has 0 aliphatic carbocycles. The van der Waals surface area contributed by atoms with Crippen LogP contribution in [0.2, 0.25) is 0 Å². The summed E-state index contributed by atoms with van der Waals surface area (Å²) in [6.45, 7) is 3.69. The van der Waals surface area contributed by atoms with Crippen molar-refractivity contribution in [1.82, 2.24) is 9.80 Å². The van der Waals surface area contributed by atoms with Gasteiger partial charge in [-0.05, 0) is 24.8 Å². The zero-order valence-corrected chi connectivity index (χ0v) is 13.8. The largest absolute Gasteiger partial charge is 0.387 e. The molecule has 126 valence electrons. The van der Waals surface area contributed by atoms with E-state index in [2.05, 4.69) is 12.1 Å². The molecule has 0 aromatic heterocycles. The van der Waals surface area contributed by atoms with Gasteiger partial charge < -0.3 is 14.9 Å². The maximum atomic E-state index is 12.5. The molecular weight excluding hydrogens is 292 g/mol. The fraction of sp³-hybridized carbons (Fsp3) is 0.556. The van der Waals surface area contributed by atoms with Crippen LogP contribution in [-0.4, -0.2) is 59.5 Å². The highest BCUT2D eigenvalue weighted by Gasteiger charge is 2.26. The molecule has 1 fully saturated rings. The Morgan fingerprint density at radius 2 is 1.70 bits per heavy atom. The van der Waals surface area contributed by atoms with Crippen molar-refractivity contribution >= 4 is 11.8 Å². The van der Waals surface area contributed by atoms with Crippen molar-refractivity contribution in [2.45, 2.75) is 26.2 Å². The number of aryl methyl sites for hydroxylation is 1. The van der Waals surface area contributed by atoms with E-state index in [1.54, 1.807) is 4.90 Å². The lowest BCUT2D eigenvalue weighted by atomic mass is 9.99. The second kappa shape index (κ2) is 8.67. The Hall–Kier alpha value is -1.88. The third-order valence-electron chi connectivity index (χ3n) is 4.45. The molecular formula is C18H26N2O3. The van der Waals surface area contributed by atoms with Gasteiger partial charge in [0.2, 0.25) is 11.8 Å². The minimum atomic E-state index is -0.455. The standard InChI is InChI=1S/C18H26N2O3/c1-15(6-5-9-16-7-3-2-4-8-16)18(23)20-12-10-19(11-13-20)17(22)14-21/h2-4,7-8,15,21H,5-6,9-14H2,1H3. The lowest BCUT2D eigenvalue weighted by Gasteiger charge is -2.35. The van der Waals surface area contributed by atoms with Crippen molar-refractivity contribution in [3.63, 3.8) is 0 Å². The predicted molar refractivity (Wildman–Crippen MR) is 88.8 cm³/mol. The molecule has 2 amide bonds. The van der Waals surface area contributed by atoms with E-state index in [1.165, 1.54) is 5.56 Å². The molecule has 1 aromatic rings. The van der Waals surface area contributed by atoms with Crippen molar-refractivity contribution in [1.29, 1.82) is 0 Å². The molecule has 0 bridgehead atoms. The smallest absolute Gasteiger partial charge is 0.248 e. The van der Waals surface area contributed by atoms with Gasteiger partial charge in [0.05, 0.1) is 0 Å². The quantitative estimate of drug-likeness (QED) is 0.860. The van der Waals surface area contributed by atoms with Gasteiger partial charge in [0, 0.05) is 32.1 Å². The number of aliphatic hydroxyl groups excluding tert-OH is 1. The second-order valence-electron chi connectivity index (χ2n) is 6.14. The van der Waals surface area contributed by atoms with Crippen molar-refractivity contribution in [3.05, 3.63) is 35.9 Å². The van der Waals surface area contributed by atoms with Gasteiger partial charge in [-0.2, -0.15) is 0 Å². The van der Waals surface area contributed by atoms with Crippen LogP contribution >= 0.6 is 0 Å². The third-order valence-corrected chi connectivity index (χ3v) is 4.45. The molecule has 2 rings (SSSR count). The molecule has 1 atom stereocenters. The van der Waals surface area contributed by atoms with Crippen molar-refractivity contribution < 1.29 is 14.7 Å². The first-order valence-electron chi connectivity index (χ1n) is 8.33. The second-order valence-corrected chi connectivity index (χ2v) is 6.14. The molecule has 23 heavy (non-hydrogen) atoms. The SMILES string of the molecule is CC(CCCc1ccccc1)C(=O)N1CCN(C(=O)CO)CC1. The van der Waals surface area contributed by atoms with Crippen LogP contribution in [0.25, 0.3) is 0 Å². The molecule has 0 radical (unpaired) electrons. The number of piperazine rings is 1. The molecule has 5 nitrogen and oxygen atoms in total. The van der Waals surface area contributed by atoms with Gasteiger partial charge in [-0.1, -0.05) is 37.3 Å². The number of hydrogen-bond acceptors (Lipinski definition) is 3. The maximum Gasteiger partial charge on any atom is 0.248 e. The summed E-state index contributed by atoms with van der Waals surface area (Å²) in [6, 6.07) is 10.3. The normalized spacial score (nSPS) is 16.3. The molecule has 1 aliphatic rings. The fourth-order valence-corrected chi connectivity index (χ4v) is 2.97. The van der Waals surface area contributed by atoms with Crippen molar-refractivity contribution in [2.75, 3.05) is 32.8 Å². The summed E-state index contributed by atoms with van der Waals surface area (Å²) in [4.78, 5) is 27.3. The fourth-order valence-electron chi connectivity index (χ4n) is 2.97. The van der Waals surface area contributed by atoms with Gasteiger partial charge in [0.1, 0.15) is 6.61 Å². The number of amides is 2. The number of benzene rings is 1. The topological polar surface area (TPSA) is 60.9 Å². The van der Waals surface area contributed by atoms with E-state index in [9.17, 15) is 9.59 Å². The van der Waals surface area contributed by atoms with E-state index in [-0.39, 0.29) is 17.7 Å². The summed E-state index contributed by atoms with van der Waals surface area (Å²) in [5.41, 5.74) is 1.31. The zero-order valence-electron chi connectivity index (χ0n) is 13.8. The summed E-state index contributed by atoms with van der Waals surface area (Å²) in [5, 5.41) is 8.87. The Balaban J connectivity index is 1.72. The van der Waals surface area contributed by atoms with Gasteiger partial charge >= 0.3 is 0 Å². The molecule has 1 unspecified atom stereocenters. The van der Waals surface area contributed by atoms with Crippen LogP contribution in [0.1, 0.15) is 25.3 Å². The minimum absolute atomic E-state index is 0.0128. The van der Waals surface area contributed by atoms with Crippen LogP contribution in [0.3, 0.4) is 0 Å². The summed E-state index contributed by atoms with van der Waals surface area (Å²) in [6.07, 6.45) is 2.88. The van der Waals surface area contributed by atoms with Gasteiger partial charge in [0.25, 0.3) is 0 Å². The van der Waals surface area contributed by atoms with E-state index >= 15 is 0 Å². The van der Waals surface area contributed by atoms with E-state index in [0.717, 1.165) is 19.3 Å². The third kappa shape index (κ3) is 5.06. The Morgan fingerprint density at radius 1 is 1.09 bits per heavy atom.